The lowest BCUT2D eigenvalue weighted by molar-refractivity contribution is 0.0658. The van der Waals surface area contributed by atoms with Crippen LogP contribution in [0.25, 0.3) is 0 Å². The van der Waals surface area contributed by atoms with E-state index in [0.717, 1.165) is 5.56 Å². The van der Waals surface area contributed by atoms with E-state index in [-0.39, 0.29) is 12.4 Å². The van der Waals surface area contributed by atoms with E-state index < -0.39 is 5.97 Å². The van der Waals surface area contributed by atoms with Crippen LogP contribution in [0.4, 0.5) is 0 Å². The summed E-state index contributed by atoms with van der Waals surface area (Å²) in [6.07, 6.45) is 1.31. The van der Waals surface area contributed by atoms with Gasteiger partial charge in [-0.05, 0) is 30.7 Å². The molecule has 0 aliphatic carbocycles. The van der Waals surface area contributed by atoms with Crippen LogP contribution >= 0.6 is 0 Å². The second-order valence-corrected chi connectivity index (χ2v) is 4.37. The Balaban J connectivity index is 2.27. The number of benzene rings is 1. The molecule has 1 aromatic carbocycles. The highest BCUT2D eigenvalue weighted by Crippen LogP contribution is 2.39. The van der Waals surface area contributed by atoms with Crippen molar-refractivity contribution in [1.29, 1.82) is 0 Å². The van der Waals surface area contributed by atoms with E-state index in [0.29, 0.717) is 22.8 Å². The fraction of sp³-hybridized carbons (Fsp3) is 0.267. The third-order valence-electron chi connectivity index (χ3n) is 2.92. The van der Waals surface area contributed by atoms with E-state index in [2.05, 4.69) is 0 Å². The molecule has 0 amide bonds. The van der Waals surface area contributed by atoms with Gasteiger partial charge in [-0.15, -0.1) is 0 Å². The molecule has 1 heterocycles. The van der Waals surface area contributed by atoms with Crippen molar-refractivity contribution in [1.82, 2.24) is 0 Å². The van der Waals surface area contributed by atoms with Gasteiger partial charge in [0.2, 0.25) is 11.5 Å². The van der Waals surface area contributed by atoms with Crippen LogP contribution in [0.3, 0.4) is 0 Å². The summed E-state index contributed by atoms with van der Waals surface area (Å²) in [6.45, 7) is 1.95. The number of ether oxygens (including phenoxy) is 3. The van der Waals surface area contributed by atoms with Gasteiger partial charge in [0.15, 0.2) is 11.5 Å². The molecule has 112 valence electrons. The summed E-state index contributed by atoms with van der Waals surface area (Å²) in [7, 11) is 3.06. The maximum atomic E-state index is 11.0. The van der Waals surface area contributed by atoms with Crippen molar-refractivity contribution in [2.75, 3.05) is 14.2 Å². The predicted molar refractivity (Wildman–Crippen MR) is 74.3 cm³/mol. The van der Waals surface area contributed by atoms with Crippen LogP contribution in [0.5, 0.6) is 17.2 Å². The van der Waals surface area contributed by atoms with E-state index in [1.807, 2.05) is 19.1 Å². The SMILES string of the molecule is COc1cc(C)cc(OC)c1OCc1ccoc1C(=O)O. The first-order valence-electron chi connectivity index (χ1n) is 6.22. The molecule has 0 atom stereocenters. The molecule has 0 aliphatic rings. The first-order chi connectivity index (χ1) is 10.1. The maximum Gasteiger partial charge on any atom is 0.372 e. The fourth-order valence-electron chi connectivity index (χ4n) is 1.94. The number of aromatic carboxylic acids is 1. The molecule has 2 rings (SSSR count). The van der Waals surface area contributed by atoms with Crippen molar-refractivity contribution in [3.05, 3.63) is 41.3 Å². The first kappa shape index (κ1) is 14.8. The zero-order valence-corrected chi connectivity index (χ0v) is 12.0. The van der Waals surface area contributed by atoms with Crippen LogP contribution in [-0.4, -0.2) is 25.3 Å². The van der Waals surface area contributed by atoms with Crippen molar-refractivity contribution in [3.8, 4) is 17.2 Å². The van der Waals surface area contributed by atoms with Crippen LogP contribution < -0.4 is 14.2 Å². The van der Waals surface area contributed by atoms with E-state index in [1.165, 1.54) is 20.5 Å². The van der Waals surface area contributed by atoms with Crippen molar-refractivity contribution in [2.24, 2.45) is 0 Å². The highest BCUT2D eigenvalue weighted by molar-refractivity contribution is 5.86. The van der Waals surface area contributed by atoms with Gasteiger partial charge in [0, 0.05) is 5.56 Å². The van der Waals surface area contributed by atoms with E-state index in [4.69, 9.17) is 23.7 Å². The highest BCUT2D eigenvalue weighted by Gasteiger charge is 2.17. The standard InChI is InChI=1S/C15H16O6/c1-9-6-11(18-2)14(12(7-9)19-3)21-8-10-4-5-20-13(10)15(16)17/h4-7H,8H2,1-3H3,(H,16,17). The van der Waals surface area contributed by atoms with Gasteiger partial charge >= 0.3 is 5.97 Å². The molecule has 0 radical (unpaired) electrons. The quantitative estimate of drug-likeness (QED) is 0.882. The lowest BCUT2D eigenvalue weighted by Gasteiger charge is -2.15. The molecule has 0 bridgehead atoms. The van der Waals surface area contributed by atoms with Crippen molar-refractivity contribution in [2.45, 2.75) is 13.5 Å². The molecule has 0 spiro atoms. The Hall–Kier alpha value is -2.63. The number of carboxylic acid groups (broad SMARTS) is 1. The van der Waals surface area contributed by atoms with Gasteiger partial charge in [-0.25, -0.2) is 4.79 Å². The van der Waals surface area contributed by atoms with Gasteiger partial charge in [0.05, 0.1) is 20.5 Å². The molecule has 6 heteroatoms. The molecule has 1 N–H and O–H groups in total. The number of furan rings is 1. The predicted octanol–water partition coefficient (Wildman–Crippen LogP) is 2.88. The Bertz CT molecular complexity index is 618. The molecule has 0 saturated heterocycles. The Morgan fingerprint density at radius 1 is 1.24 bits per heavy atom. The molecule has 0 fully saturated rings. The van der Waals surface area contributed by atoms with Crippen LogP contribution in [0.15, 0.2) is 28.9 Å². The van der Waals surface area contributed by atoms with Gasteiger partial charge < -0.3 is 23.7 Å². The Morgan fingerprint density at radius 2 is 1.86 bits per heavy atom. The van der Waals surface area contributed by atoms with E-state index >= 15 is 0 Å². The smallest absolute Gasteiger partial charge is 0.372 e. The highest BCUT2D eigenvalue weighted by atomic mass is 16.5. The number of hydrogen-bond donors (Lipinski definition) is 1. The van der Waals surface area contributed by atoms with Crippen LogP contribution in [-0.2, 0) is 6.61 Å². The lowest BCUT2D eigenvalue weighted by atomic mass is 10.2. The Labute approximate surface area is 121 Å². The minimum Gasteiger partial charge on any atom is -0.493 e. The zero-order chi connectivity index (χ0) is 15.4. The molecule has 1 aromatic heterocycles. The third kappa shape index (κ3) is 3.10. The molecule has 6 nitrogen and oxygen atoms in total. The lowest BCUT2D eigenvalue weighted by Crippen LogP contribution is -2.04. The Morgan fingerprint density at radius 3 is 2.38 bits per heavy atom. The molecule has 21 heavy (non-hydrogen) atoms. The fourth-order valence-corrected chi connectivity index (χ4v) is 1.94. The summed E-state index contributed by atoms with van der Waals surface area (Å²) >= 11 is 0. The first-order valence-corrected chi connectivity index (χ1v) is 6.22. The Kier molecular flexibility index (Phi) is 4.37. The van der Waals surface area contributed by atoms with Gasteiger partial charge in [-0.2, -0.15) is 0 Å². The minimum absolute atomic E-state index is 0.0356. The average molecular weight is 292 g/mol. The van der Waals surface area contributed by atoms with Gasteiger partial charge in [-0.1, -0.05) is 0 Å². The van der Waals surface area contributed by atoms with Crippen LogP contribution in [0, 0.1) is 6.92 Å². The monoisotopic (exact) mass is 292 g/mol. The summed E-state index contributed by atoms with van der Waals surface area (Å²) in [5.41, 5.74) is 1.40. The van der Waals surface area contributed by atoms with E-state index in [1.54, 1.807) is 6.07 Å². The average Bonchev–Trinajstić information content (AvgIpc) is 2.93. The van der Waals surface area contributed by atoms with Crippen molar-refractivity contribution >= 4 is 5.97 Å². The van der Waals surface area contributed by atoms with Gasteiger partial charge in [0.25, 0.3) is 0 Å². The van der Waals surface area contributed by atoms with Crippen LogP contribution in [0.1, 0.15) is 21.7 Å². The normalized spacial score (nSPS) is 10.2. The molecular formula is C15H16O6. The van der Waals surface area contributed by atoms with Gasteiger partial charge in [0.1, 0.15) is 6.61 Å². The third-order valence-corrected chi connectivity index (χ3v) is 2.92. The second-order valence-electron chi connectivity index (χ2n) is 4.37. The molecule has 0 saturated carbocycles. The number of rotatable bonds is 6. The number of carboxylic acids is 1. The minimum atomic E-state index is -1.14. The van der Waals surface area contributed by atoms with Crippen LogP contribution in [0.2, 0.25) is 0 Å². The molecule has 0 aliphatic heterocycles. The summed E-state index contributed by atoms with van der Waals surface area (Å²) < 4.78 is 21.1. The second kappa shape index (κ2) is 6.21. The summed E-state index contributed by atoms with van der Waals surface area (Å²) in [4.78, 5) is 11.0. The summed E-state index contributed by atoms with van der Waals surface area (Å²) in [5.74, 6) is 0.184. The van der Waals surface area contributed by atoms with Crippen molar-refractivity contribution in [3.63, 3.8) is 0 Å². The zero-order valence-electron chi connectivity index (χ0n) is 12.0. The number of hydrogen-bond acceptors (Lipinski definition) is 5. The van der Waals surface area contributed by atoms with Crippen molar-refractivity contribution < 1.29 is 28.5 Å². The summed E-state index contributed by atoms with van der Waals surface area (Å²) in [5, 5.41) is 8.99. The number of methoxy groups -OCH3 is 2. The van der Waals surface area contributed by atoms with Gasteiger partial charge in [-0.3, -0.25) is 0 Å². The topological polar surface area (TPSA) is 78.1 Å². The molecule has 0 unspecified atom stereocenters. The largest absolute Gasteiger partial charge is 0.493 e. The maximum absolute atomic E-state index is 11.0. The molecule has 2 aromatic rings. The van der Waals surface area contributed by atoms with E-state index in [9.17, 15) is 4.79 Å². The summed E-state index contributed by atoms with van der Waals surface area (Å²) in [6, 6.07) is 5.17. The number of carbonyl (C=O) groups is 1. The molecular weight excluding hydrogens is 276 g/mol. The number of aryl methyl sites for hydroxylation is 1.